The molecule has 0 heterocycles. The highest BCUT2D eigenvalue weighted by atomic mass is 79.9. The molecule has 2 aromatic carbocycles. The minimum atomic E-state index is 0.748. The Hall–Kier alpha value is -0.810. The SMILES string of the molecule is COCCNCc1ccc(Sc2ccc(Br)cc2)cc1. The minimum absolute atomic E-state index is 0.748. The average Bonchev–Trinajstić information content (AvgIpc) is 2.48. The summed E-state index contributed by atoms with van der Waals surface area (Å²) in [7, 11) is 1.72. The number of benzene rings is 2. The summed E-state index contributed by atoms with van der Waals surface area (Å²) >= 11 is 5.23. The molecule has 0 spiro atoms. The van der Waals surface area contributed by atoms with Gasteiger partial charge in [-0.25, -0.2) is 0 Å². The third-order valence-electron chi connectivity index (χ3n) is 2.78. The fourth-order valence-corrected chi connectivity index (χ4v) is 2.80. The first kappa shape index (κ1) is 15.6. The molecule has 0 aliphatic heterocycles. The quantitative estimate of drug-likeness (QED) is 0.749. The number of halogens is 1. The van der Waals surface area contributed by atoms with Crippen molar-refractivity contribution in [3.05, 3.63) is 58.6 Å². The third kappa shape index (κ3) is 5.29. The van der Waals surface area contributed by atoms with Gasteiger partial charge in [0.1, 0.15) is 0 Å². The van der Waals surface area contributed by atoms with Crippen LogP contribution < -0.4 is 5.32 Å². The lowest BCUT2D eigenvalue weighted by molar-refractivity contribution is 0.199. The maximum absolute atomic E-state index is 5.00. The predicted molar refractivity (Wildman–Crippen MR) is 88.3 cm³/mol. The van der Waals surface area contributed by atoms with Gasteiger partial charge < -0.3 is 10.1 Å². The van der Waals surface area contributed by atoms with Crippen LogP contribution in [0.15, 0.2) is 62.8 Å². The molecule has 0 bridgehead atoms. The van der Waals surface area contributed by atoms with Crippen molar-refractivity contribution in [3.63, 3.8) is 0 Å². The predicted octanol–water partition coefficient (Wildman–Crippen LogP) is 4.34. The van der Waals surface area contributed by atoms with Crippen molar-refractivity contribution in [2.75, 3.05) is 20.3 Å². The molecule has 20 heavy (non-hydrogen) atoms. The van der Waals surface area contributed by atoms with Gasteiger partial charge in [0, 0.05) is 34.5 Å². The van der Waals surface area contributed by atoms with Crippen LogP contribution in [0.2, 0.25) is 0 Å². The van der Waals surface area contributed by atoms with E-state index < -0.39 is 0 Å². The van der Waals surface area contributed by atoms with Gasteiger partial charge >= 0.3 is 0 Å². The monoisotopic (exact) mass is 351 g/mol. The number of ether oxygens (including phenoxy) is 1. The molecule has 0 saturated heterocycles. The van der Waals surface area contributed by atoms with Crippen molar-refractivity contribution in [3.8, 4) is 0 Å². The largest absolute Gasteiger partial charge is 0.383 e. The Morgan fingerprint density at radius 1 is 1.00 bits per heavy atom. The third-order valence-corrected chi connectivity index (χ3v) is 4.33. The summed E-state index contributed by atoms with van der Waals surface area (Å²) in [5.41, 5.74) is 1.29. The molecule has 0 radical (unpaired) electrons. The number of hydrogen-bond donors (Lipinski definition) is 1. The van der Waals surface area contributed by atoms with Crippen LogP contribution in [0.4, 0.5) is 0 Å². The second kappa shape index (κ2) is 8.47. The van der Waals surface area contributed by atoms with E-state index >= 15 is 0 Å². The van der Waals surface area contributed by atoms with Crippen LogP contribution >= 0.6 is 27.7 Å². The standard InChI is InChI=1S/C16H18BrNOS/c1-19-11-10-18-12-13-2-6-15(7-3-13)20-16-8-4-14(17)5-9-16/h2-9,18H,10-12H2,1H3. The fourth-order valence-electron chi connectivity index (χ4n) is 1.72. The molecule has 4 heteroatoms. The normalized spacial score (nSPS) is 10.7. The number of rotatable bonds is 7. The van der Waals surface area contributed by atoms with Gasteiger partial charge in [-0.05, 0) is 42.0 Å². The van der Waals surface area contributed by atoms with Gasteiger partial charge in [-0.2, -0.15) is 0 Å². The Balaban J connectivity index is 1.86. The van der Waals surface area contributed by atoms with Crippen LogP contribution in [0.5, 0.6) is 0 Å². The van der Waals surface area contributed by atoms with Crippen molar-refractivity contribution in [1.82, 2.24) is 5.32 Å². The lowest BCUT2D eigenvalue weighted by Crippen LogP contribution is -2.18. The van der Waals surface area contributed by atoms with Crippen molar-refractivity contribution in [2.45, 2.75) is 16.3 Å². The number of hydrogen-bond acceptors (Lipinski definition) is 3. The Labute approximate surface area is 133 Å². The summed E-state index contributed by atoms with van der Waals surface area (Å²) < 4.78 is 6.11. The van der Waals surface area contributed by atoms with Gasteiger partial charge in [-0.3, -0.25) is 0 Å². The molecule has 2 rings (SSSR count). The van der Waals surface area contributed by atoms with E-state index in [0.29, 0.717) is 0 Å². The summed E-state index contributed by atoms with van der Waals surface area (Å²) in [6.45, 7) is 2.51. The summed E-state index contributed by atoms with van der Waals surface area (Å²) in [6, 6.07) is 17.0. The molecular formula is C16H18BrNOS. The molecule has 0 aliphatic rings. The second-order valence-corrected chi connectivity index (χ2v) is 6.43. The van der Waals surface area contributed by atoms with Crippen molar-refractivity contribution in [2.24, 2.45) is 0 Å². The first-order valence-electron chi connectivity index (χ1n) is 6.50. The van der Waals surface area contributed by atoms with Gasteiger partial charge in [-0.1, -0.05) is 39.8 Å². The fraction of sp³-hybridized carbons (Fsp3) is 0.250. The summed E-state index contributed by atoms with van der Waals surface area (Å²) in [4.78, 5) is 2.51. The second-order valence-electron chi connectivity index (χ2n) is 4.37. The smallest absolute Gasteiger partial charge is 0.0587 e. The zero-order valence-corrected chi connectivity index (χ0v) is 13.8. The van der Waals surface area contributed by atoms with Crippen molar-refractivity contribution in [1.29, 1.82) is 0 Å². The first-order chi connectivity index (χ1) is 9.78. The summed E-state index contributed by atoms with van der Waals surface area (Å²) in [6.07, 6.45) is 0. The van der Waals surface area contributed by atoms with E-state index in [1.165, 1.54) is 15.4 Å². The minimum Gasteiger partial charge on any atom is -0.383 e. The lowest BCUT2D eigenvalue weighted by atomic mass is 10.2. The van der Waals surface area contributed by atoms with Crippen LogP contribution in [0.1, 0.15) is 5.56 Å². The highest BCUT2D eigenvalue weighted by Gasteiger charge is 1.98. The van der Waals surface area contributed by atoms with Crippen LogP contribution in [0.25, 0.3) is 0 Å². The molecule has 0 aromatic heterocycles. The summed E-state index contributed by atoms with van der Waals surface area (Å²) in [5.74, 6) is 0. The Bertz CT molecular complexity index is 513. The number of methoxy groups -OCH3 is 1. The van der Waals surface area contributed by atoms with Gasteiger partial charge in [0.2, 0.25) is 0 Å². The molecule has 0 aliphatic carbocycles. The molecule has 2 aromatic rings. The van der Waals surface area contributed by atoms with Gasteiger partial charge in [0.05, 0.1) is 6.61 Å². The van der Waals surface area contributed by atoms with Crippen LogP contribution in [0.3, 0.4) is 0 Å². The maximum atomic E-state index is 5.00. The molecule has 0 amide bonds. The highest BCUT2D eigenvalue weighted by Crippen LogP contribution is 2.28. The average molecular weight is 352 g/mol. The molecule has 1 N–H and O–H groups in total. The zero-order valence-electron chi connectivity index (χ0n) is 11.4. The zero-order chi connectivity index (χ0) is 14.2. The molecule has 0 unspecified atom stereocenters. The molecule has 0 saturated carbocycles. The molecule has 0 fully saturated rings. The highest BCUT2D eigenvalue weighted by molar-refractivity contribution is 9.10. The van der Waals surface area contributed by atoms with Crippen molar-refractivity contribution >= 4 is 27.7 Å². The van der Waals surface area contributed by atoms with E-state index in [2.05, 4.69) is 69.8 Å². The van der Waals surface area contributed by atoms with E-state index in [4.69, 9.17) is 4.74 Å². The van der Waals surface area contributed by atoms with E-state index in [1.807, 2.05) is 0 Å². The van der Waals surface area contributed by atoms with E-state index in [1.54, 1.807) is 18.9 Å². The van der Waals surface area contributed by atoms with E-state index in [9.17, 15) is 0 Å². The van der Waals surface area contributed by atoms with Crippen LogP contribution in [-0.4, -0.2) is 20.3 Å². The van der Waals surface area contributed by atoms with Gasteiger partial charge in [0.25, 0.3) is 0 Å². The van der Waals surface area contributed by atoms with Crippen LogP contribution in [0, 0.1) is 0 Å². The Kier molecular flexibility index (Phi) is 6.60. The molecule has 0 atom stereocenters. The summed E-state index contributed by atoms with van der Waals surface area (Å²) in [5, 5.41) is 3.34. The van der Waals surface area contributed by atoms with E-state index in [-0.39, 0.29) is 0 Å². The molecule has 106 valence electrons. The van der Waals surface area contributed by atoms with Crippen molar-refractivity contribution < 1.29 is 4.74 Å². The van der Waals surface area contributed by atoms with Crippen LogP contribution in [-0.2, 0) is 11.3 Å². The Morgan fingerprint density at radius 2 is 1.60 bits per heavy atom. The lowest BCUT2D eigenvalue weighted by Gasteiger charge is -2.06. The van der Waals surface area contributed by atoms with Gasteiger partial charge in [0.15, 0.2) is 0 Å². The number of nitrogens with one attached hydrogen (secondary N) is 1. The molecular weight excluding hydrogens is 334 g/mol. The maximum Gasteiger partial charge on any atom is 0.0587 e. The van der Waals surface area contributed by atoms with E-state index in [0.717, 1.165) is 24.2 Å². The Morgan fingerprint density at radius 3 is 2.20 bits per heavy atom. The molecule has 2 nitrogen and oxygen atoms in total. The first-order valence-corrected chi connectivity index (χ1v) is 8.11. The van der Waals surface area contributed by atoms with Gasteiger partial charge in [-0.15, -0.1) is 0 Å². The topological polar surface area (TPSA) is 21.3 Å².